The molecule has 82 valence electrons. The molecule has 1 atom stereocenters. The van der Waals surface area contributed by atoms with Crippen molar-refractivity contribution in [3.05, 3.63) is 0 Å². The minimum absolute atomic E-state index is 0.0905. The fourth-order valence-electron chi connectivity index (χ4n) is 1.09. The first-order valence-corrected chi connectivity index (χ1v) is 6.53. The largest absolute Gasteiger partial charge is 0.355 e. The van der Waals surface area contributed by atoms with E-state index in [1.54, 1.807) is 0 Å². The van der Waals surface area contributed by atoms with Crippen LogP contribution in [0.5, 0.6) is 0 Å². The zero-order valence-corrected chi connectivity index (χ0v) is 9.15. The van der Waals surface area contributed by atoms with Crippen LogP contribution >= 0.6 is 0 Å². The minimum Gasteiger partial charge on any atom is -0.355 e. The summed E-state index contributed by atoms with van der Waals surface area (Å²) < 4.78 is 11.3. The standard InChI is InChI=1S/C9H18N2O2S/c10-4-1-5-14(13)7-9(12)11-6-8-2-3-8/h8H,1-7,10H2,(H,11,12). The third-order valence-corrected chi connectivity index (χ3v) is 3.48. The van der Waals surface area contributed by atoms with Gasteiger partial charge in [-0.2, -0.15) is 0 Å². The summed E-state index contributed by atoms with van der Waals surface area (Å²) in [5.74, 6) is 1.25. The quantitative estimate of drug-likeness (QED) is 0.611. The molecular weight excluding hydrogens is 200 g/mol. The normalized spacial score (nSPS) is 17.8. The lowest BCUT2D eigenvalue weighted by Gasteiger charge is -2.03. The predicted octanol–water partition coefficient (Wildman–Crippen LogP) is -0.390. The summed E-state index contributed by atoms with van der Waals surface area (Å²) in [6.07, 6.45) is 3.16. The summed E-state index contributed by atoms with van der Waals surface area (Å²) >= 11 is 0. The van der Waals surface area contributed by atoms with E-state index >= 15 is 0 Å². The number of hydrogen-bond acceptors (Lipinski definition) is 3. The second kappa shape index (κ2) is 6.14. The lowest BCUT2D eigenvalue weighted by atomic mass is 10.4. The zero-order valence-electron chi connectivity index (χ0n) is 8.33. The molecule has 0 heterocycles. The van der Waals surface area contributed by atoms with Gasteiger partial charge < -0.3 is 11.1 Å². The van der Waals surface area contributed by atoms with Gasteiger partial charge in [-0.1, -0.05) is 0 Å². The highest BCUT2D eigenvalue weighted by molar-refractivity contribution is 7.85. The average molecular weight is 218 g/mol. The first-order chi connectivity index (χ1) is 6.72. The van der Waals surface area contributed by atoms with Crippen LogP contribution in [-0.4, -0.2) is 34.7 Å². The first kappa shape index (κ1) is 11.7. The van der Waals surface area contributed by atoms with Crippen molar-refractivity contribution < 1.29 is 9.00 Å². The van der Waals surface area contributed by atoms with Crippen molar-refractivity contribution in [2.45, 2.75) is 19.3 Å². The third kappa shape index (κ3) is 5.34. The van der Waals surface area contributed by atoms with Crippen LogP contribution in [0.4, 0.5) is 0 Å². The summed E-state index contributed by atoms with van der Waals surface area (Å²) in [5, 5.41) is 2.79. The molecule has 5 heteroatoms. The van der Waals surface area contributed by atoms with E-state index in [9.17, 15) is 9.00 Å². The van der Waals surface area contributed by atoms with Crippen LogP contribution in [0.15, 0.2) is 0 Å². The molecule has 1 unspecified atom stereocenters. The highest BCUT2D eigenvalue weighted by Crippen LogP contribution is 2.27. The molecule has 0 aromatic carbocycles. The predicted molar refractivity (Wildman–Crippen MR) is 57.3 cm³/mol. The molecule has 0 aromatic rings. The van der Waals surface area contributed by atoms with Gasteiger partial charge >= 0.3 is 0 Å². The van der Waals surface area contributed by atoms with Crippen LogP contribution in [0.2, 0.25) is 0 Å². The molecule has 1 amide bonds. The maximum absolute atomic E-state index is 11.3. The van der Waals surface area contributed by atoms with Crippen molar-refractivity contribution in [3.63, 3.8) is 0 Å². The summed E-state index contributed by atoms with van der Waals surface area (Å²) in [5.41, 5.74) is 5.28. The molecule has 3 N–H and O–H groups in total. The summed E-state index contributed by atoms with van der Waals surface area (Å²) in [4.78, 5) is 11.2. The molecule has 0 radical (unpaired) electrons. The number of carbonyl (C=O) groups excluding carboxylic acids is 1. The third-order valence-electron chi connectivity index (χ3n) is 2.15. The highest BCUT2D eigenvalue weighted by Gasteiger charge is 2.21. The van der Waals surface area contributed by atoms with Gasteiger partial charge in [0.05, 0.1) is 0 Å². The van der Waals surface area contributed by atoms with E-state index in [1.807, 2.05) is 0 Å². The Morgan fingerprint density at radius 2 is 2.21 bits per heavy atom. The zero-order chi connectivity index (χ0) is 10.4. The number of rotatable bonds is 7. The topological polar surface area (TPSA) is 72.2 Å². The Morgan fingerprint density at radius 3 is 2.79 bits per heavy atom. The van der Waals surface area contributed by atoms with Gasteiger partial charge in [0.1, 0.15) is 5.75 Å². The summed E-state index contributed by atoms with van der Waals surface area (Å²) in [6, 6.07) is 0. The minimum atomic E-state index is -1.04. The van der Waals surface area contributed by atoms with E-state index in [-0.39, 0.29) is 11.7 Å². The van der Waals surface area contributed by atoms with E-state index in [0.717, 1.165) is 13.0 Å². The SMILES string of the molecule is NCCCS(=O)CC(=O)NCC1CC1. The Kier molecular flexibility index (Phi) is 5.11. The molecular formula is C9H18N2O2S. The molecule has 14 heavy (non-hydrogen) atoms. The van der Waals surface area contributed by atoms with Crippen molar-refractivity contribution in [1.82, 2.24) is 5.32 Å². The Bertz CT molecular complexity index is 217. The number of carbonyl (C=O) groups is 1. The van der Waals surface area contributed by atoms with E-state index in [0.29, 0.717) is 18.2 Å². The first-order valence-electron chi connectivity index (χ1n) is 5.04. The van der Waals surface area contributed by atoms with E-state index in [4.69, 9.17) is 5.73 Å². The van der Waals surface area contributed by atoms with E-state index < -0.39 is 10.8 Å². The van der Waals surface area contributed by atoms with Crippen molar-refractivity contribution in [2.24, 2.45) is 11.7 Å². The van der Waals surface area contributed by atoms with Crippen molar-refractivity contribution in [1.29, 1.82) is 0 Å². The van der Waals surface area contributed by atoms with Crippen molar-refractivity contribution >= 4 is 16.7 Å². The number of hydrogen-bond donors (Lipinski definition) is 2. The lowest BCUT2D eigenvalue weighted by Crippen LogP contribution is -2.30. The molecule has 0 saturated heterocycles. The molecule has 1 aliphatic rings. The molecule has 0 bridgehead atoms. The maximum atomic E-state index is 11.3. The van der Waals surface area contributed by atoms with Crippen LogP contribution in [-0.2, 0) is 15.6 Å². The Hall–Kier alpha value is -0.420. The van der Waals surface area contributed by atoms with Gasteiger partial charge in [-0.05, 0) is 31.7 Å². The second-order valence-electron chi connectivity index (χ2n) is 3.68. The van der Waals surface area contributed by atoms with Gasteiger partial charge in [-0.3, -0.25) is 9.00 Å². The number of nitrogens with one attached hydrogen (secondary N) is 1. The second-order valence-corrected chi connectivity index (χ2v) is 5.25. The lowest BCUT2D eigenvalue weighted by molar-refractivity contribution is -0.118. The van der Waals surface area contributed by atoms with Gasteiger partial charge in [0, 0.05) is 23.1 Å². The smallest absolute Gasteiger partial charge is 0.232 e. The molecule has 0 aromatic heterocycles. The number of nitrogens with two attached hydrogens (primary N) is 1. The Labute approximate surface area is 87.1 Å². The fraction of sp³-hybridized carbons (Fsp3) is 0.889. The monoisotopic (exact) mass is 218 g/mol. The van der Waals surface area contributed by atoms with E-state index in [2.05, 4.69) is 5.32 Å². The molecule has 1 fully saturated rings. The van der Waals surface area contributed by atoms with Crippen LogP contribution in [0.3, 0.4) is 0 Å². The number of amides is 1. The van der Waals surface area contributed by atoms with Crippen molar-refractivity contribution in [2.75, 3.05) is 24.6 Å². The highest BCUT2D eigenvalue weighted by atomic mass is 32.2. The van der Waals surface area contributed by atoms with Crippen LogP contribution in [0.1, 0.15) is 19.3 Å². The molecule has 4 nitrogen and oxygen atoms in total. The molecule has 1 aliphatic carbocycles. The van der Waals surface area contributed by atoms with Gasteiger partial charge in [0.2, 0.25) is 5.91 Å². The molecule has 1 rings (SSSR count). The molecule has 0 spiro atoms. The fourth-order valence-corrected chi connectivity index (χ4v) is 2.12. The summed E-state index contributed by atoms with van der Waals surface area (Å²) in [6.45, 7) is 1.29. The Balaban J connectivity index is 2.02. The van der Waals surface area contributed by atoms with Gasteiger partial charge in [0.15, 0.2) is 0 Å². The molecule has 0 aliphatic heterocycles. The van der Waals surface area contributed by atoms with Gasteiger partial charge in [0.25, 0.3) is 0 Å². The molecule has 1 saturated carbocycles. The van der Waals surface area contributed by atoms with Crippen LogP contribution < -0.4 is 11.1 Å². The van der Waals surface area contributed by atoms with Crippen molar-refractivity contribution in [3.8, 4) is 0 Å². The summed E-state index contributed by atoms with van der Waals surface area (Å²) in [7, 11) is -1.04. The van der Waals surface area contributed by atoms with Gasteiger partial charge in [-0.25, -0.2) is 0 Å². The maximum Gasteiger partial charge on any atom is 0.232 e. The van der Waals surface area contributed by atoms with Crippen LogP contribution in [0, 0.1) is 5.92 Å². The van der Waals surface area contributed by atoms with E-state index in [1.165, 1.54) is 12.8 Å². The average Bonchev–Trinajstić information content (AvgIpc) is 2.95. The van der Waals surface area contributed by atoms with Crippen LogP contribution in [0.25, 0.3) is 0 Å². The Morgan fingerprint density at radius 1 is 1.50 bits per heavy atom. The van der Waals surface area contributed by atoms with Gasteiger partial charge in [-0.15, -0.1) is 0 Å².